The predicted octanol–water partition coefficient (Wildman–Crippen LogP) is 4.57. The maximum absolute atomic E-state index is 6.09. The molecule has 0 heterocycles. The van der Waals surface area contributed by atoms with Gasteiger partial charge in [0.2, 0.25) is 0 Å². The average Bonchev–Trinajstić information content (AvgIpc) is 2.33. The van der Waals surface area contributed by atoms with Crippen molar-refractivity contribution < 1.29 is 4.74 Å². The van der Waals surface area contributed by atoms with Crippen molar-refractivity contribution in [3.8, 4) is 5.75 Å². The van der Waals surface area contributed by atoms with Crippen molar-refractivity contribution in [3.05, 3.63) is 57.0 Å². The van der Waals surface area contributed by atoms with Gasteiger partial charge in [0, 0.05) is 10.2 Å². The lowest BCUT2D eigenvalue weighted by atomic mass is 10.1. The summed E-state index contributed by atoms with van der Waals surface area (Å²) in [6.07, 6.45) is 0. The van der Waals surface area contributed by atoms with Gasteiger partial charge in [-0.15, -0.1) is 0 Å². The van der Waals surface area contributed by atoms with Crippen molar-refractivity contribution in [1.82, 2.24) is 0 Å². The van der Waals surface area contributed by atoms with Gasteiger partial charge < -0.3 is 10.5 Å². The number of nitrogen functional groups attached to an aromatic ring is 1. The molecule has 0 aliphatic rings. The number of benzene rings is 2. The van der Waals surface area contributed by atoms with Crippen LogP contribution >= 0.6 is 27.5 Å². The van der Waals surface area contributed by atoms with Gasteiger partial charge in [-0.3, -0.25) is 0 Å². The second kappa shape index (κ2) is 5.63. The molecule has 0 aliphatic heterocycles. The molecule has 0 radical (unpaired) electrons. The second-order valence-corrected chi connectivity index (χ2v) is 5.32. The Kier molecular flexibility index (Phi) is 4.15. The van der Waals surface area contributed by atoms with Gasteiger partial charge in [0.15, 0.2) is 0 Å². The first-order valence-corrected chi connectivity index (χ1v) is 6.67. The van der Waals surface area contributed by atoms with Crippen LogP contribution in [-0.4, -0.2) is 0 Å². The van der Waals surface area contributed by atoms with Crippen molar-refractivity contribution in [2.45, 2.75) is 13.5 Å². The van der Waals surface area contributed by atoms with Gasteiger partial charge in [-0.1, -0.05) is 39.7 Å². The van der Waals surface area contributed by atoms with Crippen LogP contribution in [0.25, 0.3) is 0 Å². The summed E-state index contributed by atoms with van der Waals surface area (Å²) in [5.41, 5.74) is 8.74. The molecule has 0 fully saturated rings. The number of anilines is 1. The summed E-state index contributed by atoms with van der Waals surface area (Å²) in [7, 11) is 0. The molecule has 94 valence electrons. The molecule has 0 saturated carbocycles. The van der Waals surface area contributed by atoms with E-state index in [1.54, 1.807) is 0 Å². The zero-order chi connectivity index (χ0) is 13.1. The van der Waals surface area contributed by atoms with E-state index in [1.165, 1.54) is 0 Å². The molecule has 0 aliphatic carbocycles. The Morgan fingerprint density at radius 1 is 1.28 bits per heavy atom. The number of hydrogen-bond acceptors (Lipinski definition) is 2. The minimum absolute atomic E-state index is 0.457. The van der Waals surface area contributed by atoms with Crippen LogP contribution in [0.3, 0.4) is 0 Å². The van der Waals surface area contributed by atoms with Gasteiger partial charge in [-0.05, 0) is 42.3 Å². The maximum Gasteiger partial charge on any atom is 0.138 e. The fraction of sp³-hybridized carbons (Fsp3) is 0.143. The molecule has 0 unspecified atom stereocenters. The lowest BCUT2D eigenvalue weighted by molar-refractivity contribution is 0.305. The fourth-order valence-corrected chi connectivity index (χ4v) is 2.34. The summed E-state index contributed by atoms with van der Waals surface area (Å²) >= 11 is 9.44. The van der Waals surface area contributed by atoms with E-state index < -0.39 is 0 Å². The molecule has 0 spiro atoms. The fourth-order valence-electron chi connectivity index (χ4n) is 1.61. The third-order valence-corrected chi connectivity index (χ3v) is 3.55. The topological polar surface area (TPSA) is 35.2 Å². The van der Waals surface area contributed by atoms with E-state index in [0.717, 1.165) is 21.3 Å². The molecule has 2 rings (SSSR count). The SMILES string of the molecule is Cc1c(N)cccc1COc1ccc(Br)cc1Cl. The zero-order valence-electron chi connectivity index (χ0n) is 9.91. The monoisotopic (exact) mass is 325 g/mol. The quantitative estimate of drug-likeness (QED) is 0.838. The number of ether oxygens (including phenoxy) is 1. The Bertz CT molecular complexity index is 572. The number of nitrogens with two attached hydrogens (primary N) is 1. The molecule has 0 bridgehead atoms. The smallest absolute Gasteiger partial charge is 0.138 e. The van der Waals surface area contributed by atoms with Crippen molar-refractivity contribution in [2.75, 3.05) is 5.73 Å². The first-order chi connectivity index (χ1) is 8.58. The minimum atomic E-state index is 0.457. The van der Waals surface area contributed by atoms with E-state index in [-0.39, 0.29) is 0 Å². The Balaban J connectivity index is 2.14. The number of hydrogen-bond donors (Lipinski definition) is 1. The summed E-state index contributed by atoms with van der Waals surface area (Å²) in [6, 6.07) is 11.3. The van der Waals surface area contributed by atoms with Gasteiger partial charge in [0.05, 0.1) is 5.02 Å². The summed E-state index contributed by atoms with van der Waals surface area (Å²) in [5.74, 6) is 0.668. The van der Waals surface area contributed by atoms with Crippen LogP contribution in [0.1, 0.15) is 11.1 Å². The van der Waals surface area contributed by atoms with E-state index in [2.05, 4.69) is 15.9 Å². The van der Waals surface area contributed by atoms with Gasteiger partial charge in [-0.25, -0.2) is 0 Å². The molecule has 2 N–H and O–H groups in total. The van der Waals surface area contributed by atoms with Crippen molar-refractivity contribution in [3.63, 3.8) is 0 Å². The van der Waals surface area contributed by atoms with Crippen LogP contribution in [0.4, 0.5) is 5.69 Å². The van der Waals surface area contributed by atoms with Crippen molar-refractivity contribution in [1.29, 1.82) is 0 Å². The van der Waals surface area contributed by atoms with Crippen LogP contribution in [0, 0.1) is 6.92 Å². The second-order valence-electron chi connectivity index (χ2n) is 3.99. The maximum atomic E-state index is 6.09. The van der Waals surface area contributed by atoms with E-state index in [9.17, 15) is 0 Å². The Morgan fingerprint density at radius 3 is 2.78 bits per heavy atom. The minimum Gasteiger partial charge on any atom is -0.487 e. The summed E-state index contributed by atoms with van der Waals surface area (Å²) in [6.45, 7) is 2.44. The van der Waals surface area contributed by atoms with Crippen molar-refractivity contribution in [2.24, 2.45) is 0 Å². The molecule has 0 atom stereocenters. The Hall–Kier alpha value is -1.19. The molecule has 18 heavy (non-hydrogen) atoms. The summed E-state index contributed by atoms with van der Waals surface area (Å²) < 4.78 is 6.64. The molecule has 0 aromatic heterocycles. The highest BCUT2D eigenvalue weighted by atomic mass is 79.9. The molecule has 0 saturated heterocycles. The summed E-state index contributed by atoms with van der Waals surface area (Å²) in [5, 5.41) is 0.589. The highest BCUT2D eigenvalue weighted by Gasteiger charge is 2.05. The molecule has 2 aromatic carbocycles. The standard InChI is InChI=1S/C14H13BrClNO/c1-9-10(3-2-4-13(9)17)8-18-14-6-5-11(15)7-12(14)16/h2-7H,8,17H2,1H3. The van der Waals surface area contributed by atoms with E-state index >= 15 is 0 Å². The highest BCUT2D eigenvalue weighted by Crippen LogP contribution is 2.28. The molecular weight excluding hydrogens is 314 g/mol. The van der Waals surface area contributed by atoms with Gasteiger partial charge in [-0.2, -0.15) is 0 Å². The number of rotatable bonds is 3. The molecule has 2 aromatic rings. The van der Waals surface area contributed by atoms with Crippen LogP contribution in [0.2, 0.25) is 5.02 Å². The Morgan fingerprint density at radius 2 is 2.06 bits per heavy atom. The zero-order valence-corrected chi connectivity index (χ0v) is 12.3. The lowest BCUT2D eigenvalue weighted by Crippen LogP contribution is -2.00. The molecule has 4 heteroatoms. The summed E-state index contributed by atoms with van der Waals surface area (Å²) in [4.78, 5) is 0. The third kappa shape index (κ3) is 2.98. The Labute approximate surface area is 120 Å². The third-order valence-electron chi connectivity index (χ3n) is 2.76. The van der Waals surface area contributed by atoms with Crippen LogP contribution in [0.15, 0.2) is 40.9 Å². The van der Waals surface area contributed by atoms with Gasteiger partial charge in [0.25, 0.3) is 0 Å². The van der Waals surface area contributed by atoms with Crippen LogP contribution in [0.5, 0.6) is 5.75 Å². The van der Waals surface area contributed by atoms with Crippen LogP contribution in [-0.2, 0) is 6.61 Å². The molecular formula is C14H13BrClNO. The first kappa shape index (κ1) is 13.2. The van der Waals surface area contributed by atoms with Gasteiger partial charge >= 0.3 is 0 Å². The largest absolute Gasteiger partial charge is 0.487 e. The average molecular weight is 327 g/mol. The predicted molar refractivity (Wildman–Crippen MR) is 79.1 cm³/mol. The van der Waals surface area contributed by atoms with Gasteiger partial charge in [0.1, 0.15) is 12.4 Å². The molecule has 0 amide bonds. The van der Waals surface area contributed by atoms with Crippen LogP contribution < -0.4 is 10.5 Å². The lowest BCUT2D eigenvalue weighted by Gasteiger charge is -2.11. The van der Waals surface area contributed by atoms with E-state index in [4.69, 9.17) is 22.1 Å². The number of halogens is 2. The van der Waals surface area contributed by atoms with E-state index in [0.29, 0.717) is 17.4 Å². The normalized spacial score (nSPS) is 10.4. The highest BCUT2D eigenvalue weighted by molar-refractivity contribution is 9.10. The molecule has 2 nitrogen and oxygen atoms in total. The first-order valence-electron chi connectivity index (χ1n) is 5.50. The van der Waals surface area contributed by atoms with Crippen molar-refractivity contribution >= 4 is 33.2 Å². The van der Waals surface area contributed by atoms with E-state index in [1.807, 2.05) is 43.3 Å².